The van der Waals surface area contributed by atoms with Crippen molar-refractivity contribution in [3.8, 4) is 0 Å². The fourth-order valence-corrected chi connectivity index (χ4v) is 4.65. The normalized spacial score (nSPS) is 25.4. The first-order valence-corrected chi connectivity index (χ1v) is 10.2. The smallest absolute Gasteiger partial charge is 0.254 e. The van der Waals surface area contributed by atoms with Crippen LogP contribution in [0.5, 0.6) is 0 Å². The molecule has 0 radical (unpaired) electrons. The van der Waals surface area contributed by atoms with Crippen LogP contribution >= 0.6 is 11.6 Å². The van der Waals surface area contributed by atoms with Gasteiger partial charge in [-0.15, -0.1) is 0 Å². The van der Waals surface area contributed by atoms with Gasteiger partial charge in [-0.1, -0.05) is 62.2 Å². The molecule has 1 heterocycles. The Hall–Kier alpha value is -1.84. The van der Waals surface area contributed by atoms with Crippen LogP contribution < -0.4 is 0 Å². The summed E-state index contributed by atoms with van der Waals surface area (Å²) in [4.78, 5) is 15.1. The zero-order valence-electron chi connectivity index (χ0n) is 16.1. The molecule has 0 aliphatic carbocycles. The van der Waals surface area contributed by atoms with E-state index in [1.165, 1.54) is 0 Å². The molecule has 1 aliphatic rings. The van der Waals surface area contributed by atoms with Crippen LogP contribution in [0.2, 0.25) is 5.02 Å². The summed E-state index contributed by atoms with van der Waals surface area (Å²) >= 11 is 5.97. The number of piperidine rings is 1. The molecule has 3 atom stereocenters. The van der Waals surface area contributed by atoms with Gasteiger partial charge in [-0.3, -0.25) is 4.79 Å². The molecule has 4 heteroatoms. The van der Waals surface area contributed by atoms with Crippen molar-refractivity contribution in [2.45, 2.75) is 51.2 Å². The second kappa shape index (κ2) is 8.45. The molecule has 0 bridgehead atoms. The van der Waals surface area contributed by atoms with Gasteiger partial charge in [0.05, 0.1) is 5.60 Å². The van der Waals surface area contributed by atoms with E-state index in [0.717, 1.165) is 24.8 Å². The number of likely N-dealkylation sites (tertiary alicyclic amines) is 1. The summed E-state index contributed by atoms with van der Waals surface area (Å²) in [5.41, 5.74) is 0.716. The molecule has 3 rings (SSSR count). The second-order valence-electron chi connectivity index (χ2n) is 7.42. The second-order valence-corrected chi connectivity index (χ2v) is 7.85. The highest BCUT2D eigenvalue weighted by molar-refractivity contribution is 6.30. The summed E-state index contributed by atoms with van der Waals surface area (Å²) in [6.07, 6.45) is 3.23. The first-order chi connectivity index (χ1) is 13.0. The number of amides is 1. The lowest BCUT2D eigenvalue weighted by molar-refractivity contribution is -0.101. The molecule has 2 aromatic rings. The Kier molecular flexibility index (Phi) is 6.23. The van der Waals surface area contributed by atoms with E-state index < -0.39 is 5.60 Å². The summed E-state index contributed by atoms with van der Waals surface area (Å²) < 4.78 is 0. The predicted octanol–water partition coefficient (Wildman–Crippen LogP) is 5.27. The van der Waals surface area contributed by atoms with Crippen LogP contribution in [0.4, 0.5) is 0 Å². The number of aliphatic hydroxyl groups is 1. The Morgan fingerprint density at radius 2 is 1.81 bits per heavy atom. The SMILES string of the molecule is CCC[C@@H]1[C@H](CC)N(C(=O)c2ccc(Cl)cc2)CC[C@@]1(O)c1ccccc1. The molecule has 1 amide bonds. The Morgan fingerprint density at radius 3 is 2.41 bits per heavy atom. The van der Waals surface area contributed by atoms with E-state index >= 15 is 0 Å². The number of hydrogen-bond donors (Lipinski definition) is 1. The van der Waals surface area contributed by atoms with Crippen molar-refractivity contribution in [3.05, 3.63) is 70.7 Å². The molecule has 1 N–H and O–H groups in total. The van der Waals surface area contributed by atoms with Crippen LogP contribution in [0.1, 0.15) is 55.5 Å². The molecular formula is C23H28ClNO2. The summed E-state index contributed by atoms with van der Waals surface area (Å²) in [7, 11) is 0. The van der Waals surface area contributed by atoms with Crippen molar-refractivity contribution in [2.24, 2.45) is 5.92 Å². The zero-order chi connectivity index (χ0) is 19.4. The standard InChI is InChI=1S/C23H28ClNO2/c1-3-8-20-21(4-2)25(22(26)17-11-13-19(24)14-12-17)16-15-23(20,27)18-9-6-5-7-10-18/h5-7,9-14,20-21,27H,3-4,8,15-16H2,1-2H3/t20-,21+,23-/m1/s1. The van der Waals surface area contributed by atoms with Crippen LogP contribution in [-0.2, 0) is 5.60 Å². The van der Waals surface area contributed by atoms with Crippen molar-refractivity contribution in [1.29, 1.82) is 0 Å². The fourth-order valence-electron chi connectivity index (χ4n) is 4.52. The lowest BCUT2D eigenvalue weighted by atomic mass is 9.69. The Morgan fingerprint density at radius 1 is 1.15 bits per heavy atom. The third-order valence-corrected chi connectivity index (χ3v) is 6.11. The number of benzene rings is 2. The molecule has 144 valence electrons. The number of hydrogen-bond acceptors (Lipinski definition) is 2. The van der Waals surface area contributed by atoms with Gasteiger partial charge in [0.25, 0.3) is 5.91 Å². The van der Waals surface area contributed by atoms with Gasteiger partial charge in [-0.25, -0.2) is 0 Å². The van der Waals surface area contributed by atoms with Crippen molar-refractivity contribution < 1.29 is 9.90 Å². The minimum Gasteiger partial charge on any atom is -0.385 e. The van der Waals surface area contributed by atoms with Crippen molar-refractivity contribution in [1.82, 2.24) is 4.90 Å². The molecule has 1 aliphatic heterocycles. The largest absolute Gasteiger partial charge is 0.385 e. The third kappa shape index (κ3) is 3.90. The number of nitrogens with zero attached hydrogens (tertiary/aromatic N) is 1. The summed E-state index contributed by atoms with van der Waals surface area (Å²) in [6, 6.07) is 17.0. The number of rotatable bonds is 5. The van der Waals surface area contributed by atoms with Crippen LogP contribution in [0.25, 0.3) is 0 Å². The molecular weight excluding hydrogens is 358 g/mol. The summed E-state index contributed by atoms with van der Waals surface area (Å²) in [5, 5.41) is 12.3. The lowest BCUT2D eigenvalue weighted by Gasteiger charge is -2.50. The summed E-state index contributed by atoms with van der Waals surface area (Å²) in [5.74, 6) is 0.0367. The van der Waals surface area contributed by atoms with Crippen LogP contribution in [0.3, 0.4) is 0 Å². The molecule has 0 aromatic heterocycles. The number of halogens is 1. The maximum absolute atomic E-state index is 13.2. The zero-order valence-corrected chi connectivity index (χ0v) is 16.8. The third-order valence-electron chi connectivity index (χ3n) is 5.86. The van der Waals surface area contributed by atoms with Gasteiger partial charge in [0, 0.05) is 29.1 Å². The highest BCUT2D eigenvalue weighted by atomic mass is 35.5. The van der Waals surface area contributed by atoms with E-state index in [0.29, 0.717) is 23.6 Å². The van der Waals surface area contributed by atoms with Crippen LogP contribution in [-0.4, -0.2) is 28.5 Å². The molecule has 1 fully saturated rings. The van der Waals surface area contributed by atoms with Gasteiger partial charge < -0.3 is 10.0 Å². The van der Waals surface area contributed by atoms with Gasteiger partial charge in [0.1, 0.15) is 0 Å². The first kappa shape index (κ1) is 19.9. The summed E-state index contributed by atoms with van der Waals surface area (Å²) in [6.45, 7) is 4.79. The number of carbonyl (C=O) groups is 1. The number of carbonyl (C=O) groups excluding carboxylic acids is 1. The van der Waals surface area contributed by atoms with Crippen LogP contribution in [0.15, 0.2) is 54.6 Å². The molecule has 3 nitrogen and oxygen atoms in total. The lowest BCUT2D eigenvalue weighted by Crippen LogP contribution is -2.57. The van der Waals surface area contributed by atoms with E-state index in [1.807, 2.05) is 35.2 Å². The molecule has 27 heavy (non-hydrogen) atoms. The minimum absolute atomic E-state index is 0.00656. The molecule has 2 aromatic carbocycles. The molecule has 0 spiro atoms. The maximum Gasteiger partial charge on any atom is 0.254 e. The fraction of sp³-hybridized carbons (Fsp3) is 0.435. The van der Waals surface area contributed by atoms with Gasteiger partial charge in [0.2, 0.25) is 0 Å². The minimum atomic E-state index is -0.894. The average molecular weight is 386 g/mol. The highest BCUT2D eigenvalue weighted by Gasteiger charge is 2.48. The van der Waals surface area contributed by atoms with E-state index in [1.54, 1.807) is 24.3 Å². The first-order valence-electron chi connectivity index (χ1n) is 9.85. The van der Waals surface area contributed by atoms with Gasteiger partial charge in [0.15, 0.2) is 0 Å². The van der Waals surface area contributed by atoms with Crippen LogP contribution in [0, 0.1) is 5.92 Å². The Balaban J connectivity index is 1.94. The van der Waals surface area contributed by atoms with E-state index in [4.69, 9.17) is 11.6 Å². The highest BCUT2D eigenvalue weighted by Crippen LogP contribution is 2.44. The van der Waals surface area contributed by atoms with Gasteiger partial charge in [-0.2, -0.15) is 0 Å². The monoisotopic (exact) mass is 385 g/mol. The van der Waals surface area contributed by atoms with Gasteiger partial charge in [-0.05, 0) is 49.1 Å². The predicted molar refractivity (Wildman–Crippen MR) is 110 cm³/mol. The quantitative estimate of drug-likeness (QED) is 0.761. The molecule has 1 saturated heterocycles. The van der Waals surface area contributed by atoms with E-state index in [-0.39, 0.29) is 17.9 Å². The maximum atomic E-state index is 13.2. The van der Waals surface area contributed by atoms with Crippen molar-refractivity contribution >= 4 is 17.5 Å². The van der Waals surface area contributed by atoms with E-state index in [2.05, 4.69) is 13.8 Å². The molecule has 0 saturated carbocycles. The molecule has 0 unspecified atom stereocenters. The van der Waals surface area contributed by atoms with Crippen molar-refractivity contribution in [2.75, 3.05) is 6.54 Å². The topological polar surface area (TPSA) is 40.5 Å². The van der Waals surface area contributed by atoms with Gasteiger partial charge >= 0.3 is 0 Å². The Labute approximate surface area is 167 Å². The Bertz CT molecular complexity index is 762. The average Bonchev–Trinajstić information content (AvgIpc) is 2.70. The van der Waals surface area contributed by atoms with Crippen molar-refractivity contribution in [3.63, 3.8) is 0 Å². The van der Waals surface area contributed by atoms with E-state index in [9.17, 15) is 9.90 Å².